The number of rotatable bonds is 2. The van der Waals surface area contributed by atoms with E-state index in [-0.39, 0.29) is 5.41 Å². The molecular formula is C17H28N2. The number of nitrogens with zero attached hydrogens (tertiary/aromatic N) is 1. The first-order chi connectivity index (χ1) is 8.84. The van der Waals surface area contributed by atoms with Crippen LogP contribution < -0.4 is 5.73 Å². The predicted octanol–water partition coefficient (Wildman–Crippen LogP) is 3.15. The molecule has 1 fully saturated rings. The number of hydrogen-bond donors (Lipinski definition) is 1. The molecule has 1 aliphatic heterocycles. The molecule has 2 nitrogen and oxygen atoms in total. The van der Waals surface area contributed by atoms with Gasteiger partial charge in [-0.25, -0.2) is 0 Å². The van der Waals surface area contributed by atoms with Gasteiger partial charge in [-0.05, 0) is 28.9 Å². The highest BCUT2D eigenvalue weighted by Crippen LogP contribution is 2.23. The molecule has 0 radical (unpaired) electrons. The Hall–Kier alpha value is -0.860. The van der Waals surface area contributed by atoms with Crippen LogP contribution in [0.3, 0.4) is 0 Å². The summed E-state index contributed by atoms with van der Waals surface area (Å²) in [6.07, 6.45) is 1.17. The number of hydrogen-bond acceptors (Lipinski definition) is 2. The van der Waals surface area contributed by atoms with E-state index in [9.17, 15) is 0 Å². The number of benzene rings is 1. The van der Waals surface area contributed by atoms with Crippen LogP contribution in [0.4, 0.5) is 0 Å². The molecule has 0 saturated carbocycles. The third-order valence-electron chi connectivity index (χ3n) is 3.99. The highest BCUT2D eigenvalue weighted by molar-refractivity contribution is 5.27. The largest absolute Gasteiger partial charge is 0.327 e. The minimum absolute atomic E-state index is 0.237. The highest BCUT2D eigenvalue weighted by Gasteiger charge is 2.22. The van der Waals surface area contributed by atoms with Crippen LogP contribution in [-0.4, -0.2) is 24.0 Å². The van der Waals surface area contributed by atoms with Crippen molar-refractivity contribution in [3.8, 4) is 0 Å². The topological polar surface area (TPSA) is 29.3 Å². The second-order valence-corrected chi connectivity index (χ2v) is 7.24. The van der Waals surface area contributed by atoms with Crippen molar-refractivity contribution in [2.45, 2.75) is 52.1 Å². The van der Waals surface area contributed by atoms with Crippen LogP contribution in [0.15, 0.2) is 24.3 Å². The molecule has 2 N–H and O–H groups in total. The Morgan fingerprint density at radius 1 is 1.16 bits per heavy atom. The standard InChI is InChI=1S/C17H28N2/c1-13-9-16(18)12-19(10-13)11-14-5-7-15(8-6-14)17(2,3)4/h5-8,13,16H,9-12,18H2,1-4H3. The smallest absolute Gasteiger partial charge is 0.0234 e. The van der Waals surface area contributed by atoms with E-state index < -0.39 is 0 Å². The SMILES string of the molecule is CC1CC(N)CN(Cc2ccc(C(C)(C)C)cc2)C1. The van der Waals surface area contributed by atoms with Crippen LogP contribution >= 0.6 is 0 Å². The summed E-state index contributed by atoms with van der Waals surface area (Å²) in [5.41, 5.74) is 9.15. The van der Waals surface area contributed by atoms with Crippen molar-refractivity contribution < 1.29 is 0 Å². The van der Waals surface area contributed by atoms with Gasteiger partial charge in [0.2, 0.25) is 0 Å². The van der Waals surface area contributed by atoms with E-state index >= 15 is 0 Å². The first-order valence-corrected chi connectivity index (χ1v) is 7.42. The van der Waals surface area contributed by atoms with Gasteiger partial charge in [-0.3, -0.25) is 4.90 Å². The second kappa shape index (κ2) is 5.64. The van der Waals surface area contributed by atoms with Crippen LogP contribution in [0.25, 0.3) is 0 Å². The molecule has 0 bridgehead atoms. The van der Waals surface area contributed by atoms with Gasteiger partial charge in [0.15, 0.2) is 0 Å². The van der Waals surface area contributed by atoms with Crippen LogP contribution in [0.5, 0.6) is 0 Å². The molecule has 1 aliphatic rings. The zero-order valence-electron chi connectivity index (χ0n) is 12.8. The fourth-order valence-electron chi connectivity index (χ4n) is 3.01. The Kier molecular flexibility index (Phi) is 4.32. The molecule has 0 amide bonds. The van der Waals surface area contributed by atoms with E-state index in [0.29, 0.717) is 6.04 Å². The Morgan fingerprint density at radius 3 is 2.32 bits per heavy atom. The van der Waals surface area contributed by atoms with Gasteiger partial charge >= 0.3 is 0 Å². The summed E-state index contributed by atoms with van der Waals surface area (Å²) >= 11 is 0. The lowest BCUT2D eigenvalue weighted by Crippen LogP contribution is -2.45. The summed E-state index contributed by atoms with van der Waals surface area (Å²) < 4.78 is 0. The molecule has 1 saturated heterocycles. The van der Waals surface area contributed by atoms with Crippen LogP contribution in [0.2, 0.25) is 0 Å². The van der Waals surface area contributed by atoms with E-state index in [0.717, 1.165) is 19.0 Å². The minimum atomic E-state index is 0.237. The first kappa shape index (κ1) is 14.5. The van der Waals surface area contributed by atoms with E-state index in [1.807, 2.05) is 0 Å². The maximum absolute atomic E-state index is 6.11. The van der Waals surface area contributed by atoms with E-state index in [4.69, 9.17) is 5.73 Å². The van der Waals surface area contributed by atoms with Crippen molar-refractivity contribution in [2.24, 2.45) is 11.7 Å². The first-order valence-electron chi connectivity index (χ1n) is 7.42. The van der Waals surface area contributed by atoms with Crippen LogP contribution in [-0.2, 0) is 12.0 Å². The number of likely N-dealkylation sites (tertiary alicyclic amines) is 1. The maximum Gasteiger partial charge on any atom is 0.0234 e. The molecule has 2 atom stereocenters. The molecule has 2 unspecified atom stereocenters. The monoisotopic (exact) mass is 260 g/mol. The Morgan fingerprint density at radius 2 is 1.79 bits per heavy atom. The lowest BCUT2D eigenvalue weighted by atomic mass is 9.86. The highest BCUT2D eigenvalue weighted by atomic mass is 15.1. The van der Waals surface area contributed by atoms with Crippen LogP contribution in [0, 0.1) is 5.92 Å². The zero-order chi connectivity index (χ0) is 14.0. The third kappa shape index (κ3) is 4.05. The molecule has 1 heterocycles. The summed E-state index contributed by atoms with van der Waals surface area (Å²) in [5, 5.41) is 0. The van der Waals surface area contributed by atoms with Gasteiger partial charge in [0.1, 0.15) is 0 Å². The van der Waals surface area contributed by atoms with Gasteiger partial charge < -0.3 is 5.73 Å². The van der Waals surface area contributed by atoms with Crippen molar-refractivity contribution in [2.75, 3.05) is 13.1 Å². The molecular weight excluding hydrogens is 232 g/mol. The minimum Gasteiger partial charge on any atom is -0.327 e. The number of piperidine rings is 1. The summed E-state index contributed by atoms with van der Waals surface area (Å²) in [6.45, 7) is 12.3. The van der Waals surface area contributed by atoms with Gasteiger partial charge in [0.25, 0.3) is 0 Å². The Bertz CT molecular complexity index is 392. The summed E-state index contributed by atoms with van der Waals surface area (Å²) in [5.74, 6) is 0.720. The molecule has 0 aromatic heterocycles. The van der Waals surface area contributed by atoms with Crippen molar-refractivity contribution in [1.29, 1.82) is 0 Å². The van der Waals surface area contributed by atoms with Crippen molar-refractivity contribution in [1.82, 2.24) is 4.90 Å². The summed E-state index contributed by atoms with van der Waals surface area (Å²) in [7, 11) is 0. The van der Waals surface area contributed by atoms with Crippen molar-refractivity contribution in [3.63, 3.8) is 0 Å². The number of nitrogens with two attached hydrogens (primary N) is 1. The lowest BCUT2D eigenvalue weighted by Gasteiger charge is -2.34. The fourth-order valence-corrected chi connectivity index (χ4v) is 3.01. The van der Waals surface area contributed by atoms with E-state index in [1.165, 1.54) is 24.1 Å². The van der Waals surface area contributed by atoms with E-state index in [1.54, 1.807) is 0 Å². The quantitative estimate of drug-likeness (QED) is 0.885. The molecule has 2 heteroatoms. The molecule has 19 heavy (non-hydrogen) atoms. The van der Waals surface area contributed by atoms with Crippen molar-refractivity contribution >= 4 is 0 Å². The van der Waals surface area contributed by atoms with Gasteiger partial charge in [-0.15, -0.1) is 0 Å². The average Bonchev–Trinajstić information content (AvgIpc) is 2.26. The van der Waals surface area contributed by atoms with Crippen molar-refractivity contribution in [3.05, 3.63) is 35.4 Å². The van der Waals surface area contributed by atoms with Gasteiger partial charge in [-0.1, -0.05) is 52.0 Å². The maximum atomic E-state index is 6.11. The molecule has 1 aromatic carbocycles. The van der Waals surface area contributed by atoms with Gasteiger partial charge in [0.05, 0.1) is 0 Å². The normalized spacial score (nSPS) is 25.5. The summed E-state index contributed by atoms with van der Waals surface area (Å²) in [4.78, 5) is 2.49. The summed E-state index contributed by atoms with van der Waals surface area (Å²) in [6, 6.07) is 9.42. The Balaban J connectivity index is 1.99. The third-order valence-corrected chi connectivity index (χ3v) is 3.99. The predicted molar refractivity (Wildman–Crippen MR) is 82.2 cm³/mol. The van der Waals surface area contributed by atoms with Gasteiger partial charge in [-0.2, -0.15) is 0 Å². The second-order valence-electron chi connectivity index (χ2n) is 7.24. The molecule has 106 valence electrons. The molecule has 1 aromatic rings. The molecule has 0 aliphatic carbocycles. The average molecular weight is 260 g/mol. The molecule has 0 spiro atoms. The lowest BCUT2D eigenvalue weighted by molar-refractivity contribution is 0.158. The Labute approximate surface area is 118 Å². The van der Waals surface area contributed by atoms with E-state index in [2.05, 4.69) is 56.9 Å². The van der Waals surface area contributed by atoms with Crippen LogP contribution in [0.1, 0.15) is 45.2 Å². The zero-order valence-corrected chi connectivity index (χ0v) is 12.8. The fraction of sp³-hybridized carbons (Fsp3) is 0.647. The molecule has 2 rings (SSSR count). The van der Waals surface area contributed by atoms with Gasteiger partial charge in [0, 0.05) is 25.7 Å².